The molecule has 2 nitrogen and oxygen atoms in total. The van der Waals surface area contributed by atoms with Gasteiger partial charge in [-0.25, -0.2) is 0 Å². The highest BCUT2D eigenvalue weighted by atomic mass is 19.4. The van der Waals surface area contributed by atoms with Crippen molar-refractivity contribution in [1.29, 1.82) is 0 Å². The van der Waals surface area contributed by atoms with Crippen LogP contribution in [0.15, 0.2) is 36.9 Å². The molecule has 0 aromatic heterocycles. The maximum atomic E-state index is 12.6. The number of benzene rings is 1. The maximum absolute atomic E-state index is 12.6. The lowest BCUT2D eigenvalue weighted by Crippen LogP contribution is -2.15. The molecule has 0 radical (unpaired) electrons. The van der Waals surface area contributed by atoms with E-state index >= 15 is 0 Å². The Labute approximate surface area is 97.1 Å². The summed E-state index contributed by atoms with van der Waals surface area (Å²) in [6.07, 6.45) is -2.38. The van der Waals surface area contributed by atoms with Crippen LogP contribution in [-0.4, -0.2) is 5.91 Å². The summed E-state index contributed by atoms with van der Waals surface area (Å²) in [5.41, 5.74) is -1.05. The molecule has 0 bridgehead atoms. The number of alkyl halides is 3. The van der Waals surface area contributed by atoms with E-state index in [0.29, 0.717) is 6.42 Å². The number of carbonyl (C=O) groups excluding carboxylic acids is 1. The van der Waals surface area contributed by atoms with Crippen molar-refractivity contribution < 1.29 is 18.0 Å². The van der Waals surface area contributed by atoms with Crippen molar-refractivity contribution in [2.75, 3.05) is 5.32 Å². The van der Waals surface area contributed by atoms with Gasteiger partial charge in [-0.3, -0.25) is 4.79 Å². The summed E-state index contributed by atoms with van der Waals surface area (Å²) in [4.78, 5) is 11.3. The van der Waals surface area contributed by atoms with E-state index in [0.717, 1.165) is 6.07 Å². The topological polar surface area (TPSA) is 29.1 Å². The summed E-state index contributed by atoms with van der Waals surface area (Å²) in [6, 6.07) is 4.89. The summed E-state index contributed by atoms with van der Waals surface area (Å²) in [5.74, 6) is -0.457. The average Bonchev–Trinajstić information content (AvgIpc) is 2.25. The lowest BCUT2D eigenvalue weighted by atomic mass is 10.1. The van der Waals surface area contributed by atoms with Gasteiger partial charge in [0.1, 0.15) is 0 Å². The van der Waals surface area contributed by atoms with Crippen molar-refractivity contribution in [3.63, 3.8) is 0 Å². The number of carbonyl (C=O) groups is 1. The van der Waals surface area contributed by atoms with Crippen LogP contribution in [-0.2, 0) is 11.0 Å². The molecule has 1 N–H and O–H groups in total. The van der Waals surface area contributed by atoms with Gasteiger partial charge in [-0.15, -0.1) is 6.58 Å². The smallest absolute Gasteiger partial charge is 0.325 e. The fourth-order valence-electron chi connectivity index (χ4n) is 1.29. The first-order chi connectivity index (χ1) is 7.95. The first kappa shape index (κ1) is 13.3. The van der Waals surface area contributed by atoms with Crippen LogP contribution in [0.25, 0.3) is 0 Å². The Hall–Kier alpha value is -1.78. The summed E-state index contributed by atoms with van der Waals surface area (Å²) in [5, 5.41) is 2.25. The highest BCUT2D eigenvalue weighted by molar-refractivity contribution is 5.91. The van der Waals surface area contributed by atoms with Gasteiger partial charge >= 0.3 is 6.18 Å². The van der Waals surface area contributed by atoms with E-state index in [2.05, 4.69) is 11.9 Å². The summed E-state index contributed by atoms with van der Waals surface area (Å²) in [6.45, 7) is 3.44. The third kappa shape index (κ3) is 3.94. The van der Waals surface area contributed by atoms with Crippen molar-refractivity contribution in [2.45, 2.75) is 19.0 Å². The number of halogens is 3. The minimum atomic E-state index is -4.47. The largest absolute Gasteiger partial charge is 0.418 e. The number of hydrogen-bond donors (Lipinski definition) is 1. The SMILES string of the molecule is C=CCCC(=O)Nc1ccccc1C(F)(F)F. The van der Waals surface area contributed by atoms with Crippen LogP contribution in [0.1, 0.15) is 18.4 Å². The van der Waals surface area contributed by atoms with Gasteiger partial charge in [-0.2, -0.15) is 13.2 Å². The maximum Gasteiger partial charge on any atom is 0.418 e. The van der Waals surface area contributed by atoms with Crippen molar-refractivity contribution in [2.24, 2.45) is 0 Å². The van der Waals surface area contributed by atoms with Gasteiger partial charge in [0.2, 0.25) is 5.91 Å². The molecule has 0 fully saturated rings. The van der Waals surface area contributed by atoms with E-state index in [4.69, 9.17) is 0 Å². The number of rotatable bonds is 4. The first-order valence-corrected chi connectivity index (χ1v) is 5.02. The molecule has 0 saturated carbocycles. The van der Waals surface area contributed by atoms with Gasteiger partial charge in [0.15, 0.2) is 0 Å². The Bertz CT molecular complexity index is 412. The molecular formula is C12H12F3NO. The van der Waals surface area contributed by atoms with Gasteiger partial charge < -0.3 is 5.32 Å². The van der Waals surface area contributed by atoms with Crippen molar-refractivity contribution in [1.82, 2.24) is 0 Å². The minimum Gasteiger partial charge on any atom is -0.325 e. The molecule has 0 aliphatic heterocycles. The molecule has 0 atom stereocenters. The molecule has 0 spiro atoms. The number of nitrogens with one attached hydrogen (secondary N) is 1. The molecule has 1 amide bonds. The second-order valence-corrected chi connectivity index (χ2v) is 3.42. The third-order valence-corrected chi connectivity index (χ3v) is 2.08. The zero-order valence-corrected chi connectivity index (χ0v) is 9.05. The predicted octanol–water partition coefficient (Wildman–Crippen LogP) is 3.61. The highest BCUT2D eigenvalue weighted by Crippen LogP contribution is 2.34. The van der Waals surface area contributed by atoms with Crippen LogP contribution in [0.5, 0.6) is 0 Å². The number of anilines is 1. The van der Waals surface area contributed by atoms with Crippen LogP contribution < -0.4 is 5.32 Å². The zero-order chi connectivity index (χ0) is 12.9. The Morgan fingerprint density at radius 2 is 2.00 bits per heavy atom. The number of para-hydroxylation sites is 1. The average molecular weight is 243 g/mol. The lowest BCUT2D eigenvalue weighted by Gasteiger charge is -2.13. The molecule has 5 heteroatoms. The van der Waals surface area contributed by atoms with Gasteiger partial charge in [-0.1, -0.05) is 18.2 Å². The second kappa shape index (κ2) is 5.52. The molecule has 1 aromatic rings. The Kier molecular flexibility index (Phi) is 4.31. The summed E-state index contributed by atoms with van der Waals surface area (Å²) in [7, 11) is 0. The van der Waals surface area contributed by atoms with Crippen LogP contribution in [0.3, 0.4) is 0 Å². The van der Waals surface area contributed by atoms with Crippen LogP contribution in [0.2, 0.25) is 0 Å². The molecule has 17 heavy (non-hydrogen) atoms. The van der Waals surface area contributed by atoms with Gasteiger partial charge in [-0.05, 0) is 18.6 Å². The lowest BCUT2D eigenvalue weighted by molar-refractivity contribution is -0.137. The monoisotopic (exact) mass is 243 g/mol. The van der Waals surface area contributed by atoms with E-state index in [1.807, 2.05) is 0 Å². The van der Waals surface area contributed by atoms with Gasteiger partial charge in [0.05, 0.1) is 11.3 Å². The van der Waals surface area contributed by atoms with E-state index < -0.39 is 17.6 Å². The second-order valence-electron chi connectivity index (χ2n) is 3.42. The predicted molar refractivity (Wildman–Crippen MR) is 59.5 cm³/mol. The van der Waals surface area contributed by atoms with E-state index in [9.17, 15) is 18.0 Å². The highest BCUT2D eigenvalue weighted by Gasteiger charge is 2.33. The molecule has 0 aliphatic carbocycles. The molecule has 92 valence electrons. The third-order valence-electron chi connectivity index (χ3n) is 2.08. The first-order valence-electron chi connectivity index (χ1n) is 5.02. The summed E-state index contributed by atoms with van der Waals surface area (Å²) >= 11 is 0. The quantitative estimate of drug-likeness (QED) is 0.804. The Morgan fingerprint density at radius 1 is 1.35 bits per heavy atom. The Morgan fingerprint density at radius 3 is 2.59 bits per heavy atom. The van der Waals surface area contributed by atoms with E-state index in [1.54, 1.807) is 0 Å². The molecule has 0 aliphatic rings. The number of allylic oxidation sites excluding steroid dienone is 1. The van der Waals surface area contributed by atoms with Gasteiger partial charge in [0.25, 0.3) is 0 Å². The van der Waals surface area contributed by atoms with Crippen LogP contribution >= 0.6 is 0 Å². The summed E-state index contributed by atoms with van der Waals surface area (Å²) < 4.78 is 37.7. The standard InChI is InChI=1S/C12H12F3NO/c1-2-3-8-11(17)16-10-7-5-4-6-9(10)12(13,14)15/h2,4-7H,1,3,8H2,(H,16,17). The molecule has 0 unspecified atom stereocenters. The van der Waals surface area contributed by atoms with Crippen molar-refractivity contribution >= 4 is 11.6 Å². The van der Waals surface area contributed by atoms with Crippen LogP contribution in [0, 0.1) is 0 Å². The van der Waals surface area contributed by atoms with E-state index in [-0.39, 0.29) is 12.1 Å². The van der Waals surface area contributed by atoms with Gasteiger partial charge in [0, 0.05) is 6.42 Å². The zero-order valence-electron chi connectivity index (χ0n) is 9.05. The molecule has 0 saturated heterocycles. The molecular weight excluding hydrogens is 231 g/mol. The molecule has 1 aromatic carbocycles. The normalized spacial score (nSPS) is 11.0. The molecule has 0 heterocycles. The molecule has 1 rings (SSSR count). The fraction of sp³-hybridized carbons (Fsp3) is 0.250. The van der Waals surface area contributed by atoms with Crippen molar-refractivity contribution in [3.05, 3.63) is 42.5 Å². The Balaban J connectivity index is 2.84. The van der Waals surface area contributed by atoms with E-state index in [1.165, 1.54) is 24.3 Å². The number of hydrogen-bond acceptors (Lipinski definition) is 1. The fourth-order valence-corrected chi connectivity index (χ4v) is 1.29. The van der Waals surface area contributed by atoms with Crippen LogP contribution in [0.4, 0.5) is 18.9 Å². The number of amides is 1. The van der Waals surface area contributed by atoms with Crippen molar-refractivity contribution in [3.8, 4) is 0 Å². The minimum absolute atomic E-state index is 0.121.